The molecule has 0 bridgehead atoms. The van der Waals surface area contributed by atoms with Crippen molar-refractivity contribution in [2.75, 3.05) is 13.6 Å². The number of nitrogens with zero attached hydrogens (tertiary/aromatic N) is 3. The summed E-state index contributed by atoms with van der Waals surface area (Å²) in [4.78, 5) is 25.3. The summed E-state index contributed by atoms with van der Waals surface area (Å²) < 4.78 is 4.67. The lowest BCUT2D eigenvalue weighted by atomic mass is 9.80. The fourth-order valence-electron chi connectivity index (χ4n) is 3.38. The highest BCUT2D eigenvalue weighted by atomic mass is 16.6. The number of hydrogen-bond donors (Lipinski definition) is 2. The SMILES string of the molecule is CN(C(=O)c1ccc2nonc2c1)C1CCC(C)(NCC(=O)O)CC1. The van der Waals surface area contributed by atoms with Crippen molar-refractivity contribution in [1.82, 2.24) is 20.5 Å². The van der Waals surface area contributed by atoms with Gasteiger partial charge in [-0.1, -0.05) is 0 Å². The Hall–Kier alpha value is -2.48. The largest absolute Gasteiger partial charge is 0.480 e. The van der Waals surface area contributed by atoms with E-state index in [1.54, 1.807) is 23.1 Å². The molecule has 25 heavy (non-hydrogen) atoms. The molecule has 0 radical (unpaired) electrons. The first-order valence-corrected chi connectivity index (χ1v) is 8.34. The zero-order chi connectivity index (χ0) is 18.0. The summed E-state index contributed by atoms with van der Waals surface area (Å²) in [6.07, 6.45) is 3.32. The average Bonchev–Trinajstić information content (AvgIpc) is 3.07. The number of aliphatic carboxylic acids is 1. The molecule has 1 aliphatic carbocycles. The van der Waals surface area contributed by atoms with Gasteiger partial charge in [-0.15, -0.1) is 0 Å². The predicted molar refractivity (Wildman–Crippen MR) is 90.2 cm³/mol. The molecule has 0 saturated heterocycles. The topological polar surface area (TPSA) is 109 Å². The lowest BCUT2D eigenvalue weighted by molar-refractivity contribution is -0.136. The highest BCUT2D eigenvalue weighted by Crippen LogP contribution is 2.31. The Labute approximate surface area is 145 Å². The smallest absolute Gasteiger partial charge is 0.317 e. The van der Waals surface area contributed by atoms with Crippen molar-refractivity contribution in [3.8, 4) is 0 Å². The average molecular weight is 346 g/mol. The Kier molecular flexibility index (Phi) is 4.71. The monoisotopic (exact) mass is 346 g/mol. The van der Waals surface area contributed by atoms with Crippen LogP contribution in [0.2, 0.25) is 0 Å². The molecule has 1 aliphatic rings. The number of carboxylic acids is 1. The van der Waals surface area contributed by atoms with Crippen LogP contribution in [0, 0.1) is 0 Å². The Balaban J connectivity index is 1.62. The maximum absolute atomic E-state index is 12.7. The van der Waals surface area contributed by atoms with Gasteiger partial charge in [0, 0.05) is 24.2 Å². The molecule has 3 rings (SSSR count). The second-order valence-corrected chi connectivity index (χ2v) is 6.92. The Morgan fingerprint density at radius 2 is 2.00 bits per heavy atom. The van der Waals surface area contributed by atoms with Crippen LogP contribution in [0.5, 0.6) is 0 Å². The van der Waals surface area contributed by atoms with Crippen LogP contribution in [0.3, 0.4) is 0 Å². The van der Waals surface area contributed by atoms with Gasteiger partial charge in [0.2, 0.25) is 0 Å². The van der Waals surface area contributed by atoms with Crippen LogP contribution in [-0.4, -0.2) is 57.4 Å². The number of fused-ring (bicyclic) bond motifs is 1. The molecule has 0 spiro atoms. The summed E-state index contributed by atoms with van der Waals surface area (Å²) in [7, 11) is 1.81. The highest BCUT2D eigenvalue weighted by molar-refractivity contribution is 5.97. The zero-order valence-electron chi connectivity index (χ0n) is 14.4. The van der Waals surface area contributed by atoms with Crippen molar-refractivity contribution in [2.24, 2.45) is 0 Å². The number of carboxylic acid groups (broad SMARTS) is 1. The first kappa shape index (κ1) is 17.3. The van der Waals surface area contributed by atoms with E-state index in [0.29, 0.717) is 16.6 Å². The van der Waals surface area contributed by atoms with E-state index in [-0.39, 0.29) is 24.0 Å². The molecule has 1 aromatic heterocycles. The molecular formula is C17H22N4O4. The van der Waals surface area contributed by atoms with E-state index >= 15 is 0 Å². The molecule has 1 amide bonds. The highest BCUT2D eigenvalue weighted by Gasteiger charge is 2.34. The summed E-state index contributed by atoms with van der Waals surface area (Å²) in [5, 5.41) is 19.4. The third kappa shape index (κ3) is 3.79. The summed E-state index contributed by atoms with van der Waals surface area (Å²) in [5.41, 5.74) is 1.55. The second kappa shape index (κ2) is 6.79. The van der Waals surface area contributed by atoms with Crippen LogP contribution < -0.4 is 5.32 Å². The van der Waals surface area contributed by atoms with Gasteiger partial charge in [0.25, 0.3) is 5.91 Å². The van der Waals surface area contributed by atoms with Gasteiger partial charge in [0.1, 0.15) is 11.0 Å². The standard InChI is InChI=1S/C17H22N4O4/c1-17(18-10-15(22)23)7-5-12(6-8-17)21(2)16(24)11-3-4-13-14(9-11)20-25-19-13/h3-4,9,12,18H,5-8,10H2,1-2H3,(H,22,23). The normalized spacial score (nSPS) is 23.5. The van der Waals surface area contributed by atoms with Gasteiger partial charge in [-0.2, -0.15) is 0 Å². The van der Waals surface area contributed by atoms with E-state index in [1.165, 1.54) is 0 Å². The van der Waals surface area contributed by atoms with Crippen molar-refractivity contribution in [3.63, 3.8) is 0 Å². The summed E-state index contributed by atoms with van der Waals surface area (Å²) in [6, 6.07) is 5.28. The van der Waals surface area contributed by atoms with Gasteiger partial charge >= 0.3 is 5.97 Å². The fourth-order valence-corrected chi connectivity index (χ4v) is 3.38. The van der Waals surface area contributed by atoms with Gasteiger partial charge < -0.3 is 15.3 Å². The van der Waals surface area contributed by atoms with Crippen molar-refractivity contribution in [2.45, 2.75) is 44.2 Å². The number of nitrogens with one attached hydrogen (secondary N) is 1. The molecule has 0 aliphatic heterocycles. The Morgan fingerprint density at radius 1 is 1.32 bits per heavy atom. The van der Waals surface area contributed by atoms with Gasteiger partial charge in [-0.05, 0) is 61.1 Å². The first-order chi connectivity index (χ1) is 11.9. The summed E-state index contributed by atoms with van der Waals surface area (Å²) in [5.74, 6) is -0.912. The van der Waals surface area contributed by atoms with Crippen molar-refractivity contribution >= 4 is 22.9 Å². The maximum atomic E-state index is 12.7. The lowest BCUT2D eigenvalue weighted by Crippen LogP contribution is -2.51. The molecule has 2 aromatic rings. The van der Waals surface area contributed by atoms with E-state index in [2.05, 4.69) is 20.3 Å². The molecule has 1 heterocycles. The van der Waals surface area contributed by atoms with Crippen LogP contribution in [0.15, 0.2) is 22.8 Å². The molecule has 134 valence electrons. The molecule has 0 atom stereocenters. The second-order valence-electron chi connectivity index (χ2n) is 6.92. The minimum Gasteiger partial charge on any atom is -0.480 e. The van der Waals surface area contributed by atoms with E-state index in [4.69, 9.17) is 5.11 Å². The number of amides is 1. The molecule has 0 unspecified atom stereocenters. The van der Waals surface area contributed by atoms with Crippen LogP contribution in [0.25, 0.3) is 11.0 Å². The molecule has 2 N–H and O–H groups in total. The zero-order valence-corrected chi connectivity index (χ0v) is 14.4. The first-order valence-electron chi connectivity index (χ1n) is 8.34. The van der Waals surface area contributed by atoms with Gasteiger partial charge in [0.05, 0.1) is 6.54 Å². The molecular weight excluding hydrogens is 324 g/mol. The molecule has 8 heteroatoms. The van der Waals surface area contributed by atoms with Gasteiger partial charge in [-0.3, -0.25) is 9.59 Å². The lowest BCUT2D eigenvalue weighted by Gasteiger charge is -2.41. The quantitative estimate of drug-likeness (QED) is 0.847. The molecule has 1 saturated carbocycles. The summed E-state index contributed by atoms with van der Waals surface area (Å²) in [6.45, 7) is 2.00. The van der Waals surface area contributed by atoms with Crippen molar-refractivity contribution in [3.05, 3.63) is 23.8 Å². The minimum atomic E-state index is -0.853. The van der Waals surface area contributed by atoms with Crippen molar-refractivity contribution < 1.29 is 19.3 Å². The molecule has 8 nitrogen and oxygen atoms in total. The Bertz CT molecular complexity index is 780. The number of carbonyl (C=O) groups is 2. The van der Waals surface area contributed by atoms with Crippen LogP contribution in [0.1, 0.15) is 43.0 Å². The van der Waals surface area contributed by atoms with E-state index < -0.39 is 5.97 Å². The molecule has 1 aromatic carbocycles. The van der Waals surface area contributed by atoms with Crippen LogP contribution >= 0.6 is 0 Å². The number of rotatable bonds is 5. The van der Waals surface area contributed by atoms with Crippen molar-refractivity contribution in [1.29, 1.82) is 0 Å². The van der Waals surface area contributed by atoms with E-state index in [9.17, 15) is 9.59 Å². The third-order valence-electron chi connectivity index (χ3n) is 5.09. The van der Waals surface area contributed by atoms with Gasteiger partial charge in [0.15, 0.2) is 0 Å². The Morgan fingerprint density at radius 3 is 2.68 bits per heavy atom. The maximum Gasteiger partial charge on any atom is 0.317 e. The van der Waals surface area contributed by atoms with Crippen LogP contribution in [0.4, 0.5) is 0 Å². The summed E-state index contributed by atoms with van der Waals surface area (Å²) >= 11 is 0. The van der Waals surface area contributed by atoms with E-state index in [1.807, 2.05) is 14.0 Å². The third-order valence-corrected chi connectivity index (χ3v) is 5.09. The number of benzene rings is 1. The fraction of sp³-hybridized carbons (Fsp3) is 0.529. The van der Waals surface area contributed by atoms with E-state index in [0.717, 1.165) is 25.7 Å². The molecule has 1 fully saturated rings. The van der Waals surface area contributed by atoms with Gasteiger partial charge in [-0.25, -0.2) is 4.63 Å². The number of hydrogen-bond acceptors (Lipinski definition) is 6. The van der Waals surface area contributed by atoms with Crippen LogP contribution in [-0.2, 0) is 4.79 Å². The minimum absolute atomic E-state index is 0.0400. The predicted octanol–water partition coefficient (Wildman–Crippen LogP) is 1.67. The number of aromatic nitrogens is 2. The number of carbonyl (C=O) groups excluding carboxylic acids is 1.